The number of halogens is 5. The smallest absolute Gasteiger partial charge is 0.387 e. The third kappa shape index (κ3) is 2.59. The van der Waals surface area contributed by atoms with Crippen LogP contribution in [-0.2, 0) is 0 Å². The van der Waals surface area contributed by atoms with Crippen molar-refractivity contribution < 1.29 is 22.3 Å². The lowest BCUT2D eigenvalue weighted by molar-refractivity contribution is -0.0507. The Bertz CT molecular complexity index is 959. The molecule has 0 radical (unpaired) electrons. The third-order valence-electron chi connectivity index (χ3n) is 4.29. The highest BCUT2D eigenvalue weighted by atomic mass is 79.9. The molecule has 1 aliphatic heterocycles. The van der Waals surface area contributed by atoms with Crippen LogP contribution in [0.1, 0.15) is 30.0 Å². The second-order valence-corrected chi connectivity index (χ2v) is 6.56. The van der Waals surface area contributed by atoms with Crippen molar-refractivity contribution in [2.75, 3.05) is 0 Å². The summed E-state index contributed by atoms with van der Waals surface area (Å²) in [6.45, 7) is -3.01. The van der Waals surface area contributed by atoms with E-state index in [1.165, 1.54) is 16.7 Å². The summed E-state index contributed by atoms with van der Waals surface area (Å²) in [7, 11) is 0. The fourth-order valence-corrected chi connectivity index (χ4v) is 3.63. The summed E-state index contributed by atoms with van der Waals surface area (Å²) >= 11 is 3.11. The Balaban J connectivity index is 1.93. The first kappa shape index (κ1) is 16.4. The highest BCUT2D eigenvalue weighted by molar-refractivity contribution is 9.10. The number of hydrogen-bond acceptors (Lipinski definition) is 2. The van der Waals surface area contributed by atoms with E-state index in [0.29, 0.717) is 11.1 Å². The van der Waals surface area contributed by atoms with Crippen molar-refractivity contribution >= 4 is 27.0 Å². The van der Waals surface area contributed by atoms with Gasteiger partial charge in [-0.1, -0.05) is 18.2 Å². The van der Waals surface area contributed by atoms with Gasteiger partial charge >= 0.3 is 6.61 Å². The molecule has 0 N–H and O–H groups in total. The molecule has 2 heterocycles. The predicted octanol–water partition coefficient (Wildman–Crippen LogP) is 5.54. The molecule has 0 amide bonds. The molecule has 4 rings (SSSR count). The number of ether oxygens (including phenoxy) is 1. The maximum Gasteiger partial charge on any atom is 0.387 e. The van der Waals surface area contributed by atoms with E-state index < -0.39 is 24.6 Å². The minimum absolute atomic E-state index is 0.0200. The third-order valence-corrected chi connectivity index (χ3v) is 4.90. The minimum atomic E-state index is -3.01. The molecule has 1 aliphatic rings. The predicted molar refractivity (Wildman–Crippen MR) is 87.1 cm³/mol. The van der Waals surface area contributed by atoms with E-state index in [1.807, 2.05) is 0 Å². The molecular weight excluding hydrogens is 404 g/mol. The molecule has 3 aromatic rings. The van der Waals surface area contributed by atoms with Crippen molar-refractivity contribution in [3.63, 3.8) is 0 Å². The highest BCUT2D eigenvalue weighted by Crippen LogP contribution is 2.46. The summed E-state index contributed by atoms with van der Waals surface area (Å²) in [4.78, 5) is 4.18. The van der Waals surface area contributed by atoms with E-state index in [2.05, 4.69) is 25.7 Å². The van der Waals surface area contributed by atoms with E-state index in [-0.39, 0.29) is 28.0 Å². The first-order valence-electron chi connectivity index (χ1n) is 7.51. The Kier molecular flexibility index (Phi) is 3.94. The SMILES string of the molecule is Fc1c(Br)ccc2nc3n(c12)[C@H](c1ccccc1OC(F)F)CC3F. The number of aromatic nitrogens is 2. The first-order valence-corrected chi connectivity index (χ1v) is 8.30. The molecule has 2 aromatic carbocycles. The van der Waals surface area contributed by atoms with Gasteiger partial charge in [-0.25, -0.2) is 13.8 Å². The lowest BCUT2D eigenvalue weighted by atomic mass is 10.0. The van der Waals surface area contributed by atoms with Gasteiger partial charge in [0.15, 0.2) is 12.0 Å². The first-order chi connectivity index (χ1) is 12.0. The van der Waals surface area contributed by atoms with Crippen molar-refractivity contribution in [2.45, 2.75) is 25.2 Å². The van der Waals surface area contributed by atoms with Crippen molar-refractivity contribution in [3.8, 4) is 5.75 Å². The molecule has 3 nitrogen and oxygen atoms in total. The number of nitrogens with zero attached hydrogens (tertiary/aromatic N) is 2. The van der Waals surface area contributed by atoms with Crippen LogP contribution in [0.4, 0.5) is 17.6 Å². The Morgan fingerprint density at radius 1 is 1.20 bits per heavy atom. The van der Waals surface area contributed by atoms with E-state index in [0.717, 1.165) is 0 Å². The van der Waals surface area contributed by atoms with Crippen LogP contribution in [0.25, 0.3) is 11.0 Å². The lowest BCUT2D eigenvalue weighted by Crippen LogP contribution is -2.11. The van der Waals surface area contributed by atoms with Gasteiger partial charge in [0.25, 0.3) is 0 Å². The van der Waals surface area contributed by atoms with Crippen LogP contribution in [0.2, 0.25) is 0 Å². The Labute approximate surface area is 148 Å². The molecule has 130 valence electrons. The summed E-state index contributed by atoms with van der Waals surface area (Å²) < 4.78 is 60.7. The summed E-state index contributed by atoms with van der Waals surface area (Å²) in [5, 5.41) is 0. The van der Waals surface area contributed by atoms with E-state index in [4.69, 9.17) is 0 Å². The van der Waals surface area contributed by atoms with Gasteiger partial charge in [-0.05, 0) is 34.1 Å². The van der Waals surface area contributed by atoms with Crippen LogP contribution < -0.4 is 4.74 Å². The number of para-hydroxylation sites is 1. The number of rotatable bonds is 3. The normalized spacial score (nSPS) is 19.6. The van der Waals surface area contributed by atoms with Gasteiger partial charge in [0.2, 0.25) is 0 Å². The van der Waals surface area contributed by atoms with E-state index in [9.17, 15) is 17.6 Å². The van der Waals surface area contributed by atoms with Gasteiger partial charge in [-0.2, -0.15) is 8.78 Å². The second-order valence-electron chi connectivity index (χ2n) is 5.70. The van der Waals surface area contributed by atoms with Crippen LogP contribution in [-0.4, -0.2) is 16.2 Å². The molecule has 1 aromatic heterocycles. The molecule has 0 saturated carbocycles. The van der Waals surface area contributed by atoms with Crippen LogP contribution in [0, 0.1) is 5.82 Å². The zero-order chi connectivity index (χ0) is 17.7. The largest absolute Gasteiger partial charge is 0.434 e. The fourth-order valence-electron chi connectivity index (χ4n) is 3.31. The van der Waals surface area contributed by atoms with Gasteiger partial charge in [-0.15, -0.1) is 0 Å². The molecule has 0 fully saturated rings. The maximum absolute atomic E-state index is 14.6. The molecule has 2 atom stereocenters. The van der Waals surface area contributed by atoms with Crippen molar-refractivity contribution in [1.82, 2.24) is 9.55 Å². The van der Waals surface area contributed by atoms with Crippen molar-refractivity contribution in [1.29, 1.82) is 0 Å². The maximum atomic E-state index is 14.6. The lowest BCUT2D eigenvalue weighted by Gasteiger charge is -2.18. The standard InChI is InChI=1S/C17H11BrF4N2O/c18-9-5-6-11-15(14(9)20)24-12(7-10(19)16(24)23-11)8-3-1-2-4-13(8)25-17(21)22/h1-6,10,12,17H,7H2/t10?,12-/m0/s1. The molecule has 1 unspecified atom stereocenters. The number of fused-ring (bicyclic) bond motifs is 3. The molecule has 0 aliphatic carbocycles. The van der Waals surface area contributed by atoms with E-state index >= 15 is 0 Å². The molecule has 8 heteroatoms. The van der Waals surface area contributed by atoms with E-state index in [1.54, 1.807) is 24.3 Å². The summed E-state index contributed by atoms with van der Waals surface area (Å²) in [6, 6.07) is 8.55. The quantitative estimate of drug-likeness (QED) is 0.525. The minimum Gasteiger partial charge on any atom is -0.434 e. The monoisotopic (exact) mass is 414 g/mol. The van der Waals surface area contributed by atoms with Crippen molar-refractivity contribution in [2.24, 2.45) is 0 Å². The summed E-state index contributed by atoms with van der Waals surface area (Å²) in [6.07, 6.45) is -1.44. The number of imidazole rings is 1. The molecule has 0 spiro atoms. The van der Waals surface area contributed by atoms with Gasteiger partial charge in [0, 0.05) is 12.0 Å². The second kappa shape index (κ2) is 6.01. The Morgan fingerprint density at radius 2 is 1.96 bits per heavy atom. The van der Waals surface area contributed by atoms with Crippen LogP contribution >= 0.6 is 15.9 Å². The number of benzene rings is 2. The zero-order valence-corrected chi connectivity index (χ0v) is 14.2. The molecule has 0 bridgehead atoms. The van der Waals surface area contributed by atoms with Crippen LogP contribution in [0.3, 0.4) is 0 Å². The van der Waals surface area contributed by atoms with Crippen molar-refractivity contribution in [3.05, 3.63) is 58.1 Å². The Hall–Kier alpha value is -2.09. The fraction of sp³-hybridized carbons (Fsp3) is 0.235. The topological polar surface area (TPSA) is 27.1 Å². The van der Waals surface area contributed by atoms with Crippen LogP contribution in [0.15, 0.2) is 40.9 Å². The molecule has 0 saturated heterocycles. The van der Waals surface area contributed by atoms with Crippen LogP contribution in [0.5, 0.6) is 5.75 Å². The number of alkyl halides is 3. The van der Waals surface area contributed by atoms with Gasteiger partial charge in [-0.3, -0.25) is 0 Å². The highest BCUT2D eigenvalue weighted by Gasteiger charge is 2.37. The number of hydrogen-bond donors (Lipinski definition) is 0. The average Bonchev–Trinajstić information content (AvgIpc) is 3.09. The molecule has 25 heavy (non-hydrogen) atoms. The van der Waals surface area contributed by atoms with Gasteiger partial charge in [0.05, 0.1) is 16.0 Å². The zero-order valence-electron chi connectivity index (χ0n) is 12.6. The van der Waals surface area contributed by atoms with Gasteiger partial charge in [0.1, 0.15) is 17.1 Å². The Morgan fingerprint density at radius 3 is 2.72 bits per heavy atom. The molecular formula is C17H11BrF4N2O. The summed E-state index contributed by atoms with van der Waals surface area (Å²) in [5.74, 6) is -0.536. The van der Waals surface area contributed by atoms with Gasteiger partial charge < -0.3 is 9.30 Å². The average molecular weight is 415 g/mol. The summed E-state index contributed by atoms with van der Waals surface area (Å²) in [5.41, 5.74) is 0.819.